The van der Waals surface area contributed by atoms with Gasteiger partial charge in [0.15, 0.2) is 0 Å². The highest BCUT2D eigenvalue weighted by Gasteiger charge is 2.36. The maximum atomic E-state index is 8.61. The molecular formula is C8H16O2. The van der Waals surface area contributed by atoms with E-state index in [4.69, 9.17) is 9.84 Å². The van der Waals surface area contributed by atoms with Crippen LogP contribution in [0.4, 0.5) is 0 Å². The van der Waals surface area contributed by atoms with Crippen LogP contribution >= 0.6 is 0 Å². The summed E-state index contributed by atoms with van der Waals surface area (Å²) in [4.78, 5) is 0. The molecule has 1 aliphatic rings. The van der Waals surface area contributed by atoms with E-state index in [9.17, 15) is 0 Å². The molecule has 0 radical (unpaired) electrons. The van der Waals surface area contributed by atoms with Crippen LogP contribution in [0.2, 0.25) is 0 Å². The lowest BCUT2D eigenvalue weighted by atomic mass is 10.1. The Bertz CT molecular complexity index is 93.3. The zero-order valence-electron chi connectivity index (χ0n) is 6.55. The highest BCUT2D eigenvalue weighted by atomic mass is 16.6. The van der Waals surface area contributed by atoms with Gasteiger partial charge in [0, 0.05) is 0 Å². The third-order valence-electron chi connectivity index (χ3n) is 1.96. The van der Waals surface area contributed by atoms with Crippen molar-refractivity contribution >= 4 is 0 Å². The van der Waals surface area contributed by atoms with Crippen molar-refractivity contribution < 1.29 is 9.84 Å². The van der Waals surface area contributed by atoms with Crippen LogP contribution in [-0.4, -0.2) is 23.9 Å². The minimum absolute atomic E-state index is 0.178. The molecule has 0 aliphatic carbocycles. The monoisotopic (exact) mass is 144 g/mol. The average Bonchev–Trinajstić information content (AvgIpc) is 2.68. The van der Waals surface area contributed by atoms with E-state index in [1.807, 2.05) is 0 Å². The molecule has 2 atom stereocenters. The third kappa shape index (κ3) is 2.27. The van der Waals surface area contributed by atoms with Crippen LogP contribution in [-0.2, 0) is 4.74 Å². The summed E-state index contributed by atoms with van der Waals surface area (Å²) in [6.07, 6.45) is 5.50. The first kappa shape index (κ1) is 8.02. The molecule has 1 heterocycles. The summed E-state index contributed by atoms with van der Waals surface area (Å²) in [6.45, 7) is 2.40. The molecule has 0 bridgehead atoms. The van der Waals surface area contributed by atoms with E-state index in [1.54, 1.807) is 0 Å². The van der Waals surface area contributed by atoms with E-state index >= 15 is 0 Å². The molecule has 0 amide bonds. The molecule has 0 spiro atoms. The lowest BCUT2D eigenvalue weighted by molar-refractivity contribution is 0.241. The number of hydrogen-bond acceptors (Lipinski definition) is 2. The summed E-state index contributed by atoms with van der Waals surface area (Å²) in [7, 11) is 0. The Labute approximate surface area is 62.2 Å². The van der Waals surface area contributed by atoms with Gasteiger partial charge in [-0.3, -0.25) is 0 Å². The maximum Gasteiger partial charge on any atom is 0.107 e. The molecule has 2 nitrogen and oxygen atoms in total. The Morgan fingerprint density at radius 2 is 2.10 bits per heavy atom. The van der Waals surface area contributed by atoms with Crippen LogP contribution < -0.4 is 0 Å². The van der Waals surface area contributed by atoms with Crippen molar-refractivity contribution in [3.8, 4) is 0 Å². The molecule has 10 heavy (non-hydrogen) atoms. The fourth-order valence-corrected chi connectivity index (χ4v) is 1.19. The Hall–Kier alpha value is -0.0800. The van der Waals surface area contributed by atoms with Gasteiger partial charge in [0.25, 0.3) is 0 Å². The largest absolute Gasteiger partial charge is 0.394 e. The highest BCUT2D eigenvalue weighted by molar-refractivity contribution is 4.83. The molecule has 1 unspecified atom stereocenters. The SMILES string of the molecule is CCCCCC1O[C@@H]1CO. The van der Waals surface area contributed by atoms with Crippen molar-refractivity contribution in [1.29, 1.82) is 0 Å². The Kier molecular flexibility index (Phi) is 3.16. The maximum absolute atomic E-state index is 8.61. The van der Waals surface area contributed by atoms with Gasteiger partial charge in [-0.1, -0.05) is 26.2 Å². The van der Waals surface area contributed by atoms with Gasteiger partial charge in [0.05, 0.1) is 12.7 Å². The Morgan fingerprint density at radius 3 is 2.60 bits per heavy atom. The minimum Gasteiger partial charge on any atom is -0.394 e. The summed E-state index contributed by atoms with van der Waals surface area (Å²) in [5.74, 6) is 0. The normalized spacial score (nSPS) is 30.6. The first-order valence-electron chi connectivity index (χ1n) is 4.14. The van der Waals surface area contributed by atoms with Crippen molar-refractivity contribution in [1.82, 2.24) is 0 Å². The van der Waals surface area contributed by atoms with Crippen molar-refractivity contribution in [3.05, 3.63) is 0 Å². The summed E-state index contributed by atoms with van der Waals surface area (Å²) in [6, 6.07) is 0. The lowest BCUT2D eigenvalue weighted by Crippen LogP contribution is -1.98. The van der Waals surface area contributed by atoms with Gasteiger partial charge >= 0.3 is 0 Å². The van der Waals surface area contributed by atoms with Crippen molar-refractivity contribution in [3.63, 3.8) is 0 Å². The standard InChI is InChI=1S/C8H16O2/c1-2-3-4-5-7-8(6-9)10-7/h7-9H,2-6H2,1H3/t7?,8-/m1/s1. The molecule has 0 aromatic carbocycles. The third-order valence-corrected chi connectivity index (χ3v) is 1.96. The fraction of sp³-hybridized carbons (Fsp3) is 1.00. The predicted molar refractivity (Wildman–Crippen MR) is 39.9 cm³/mol. The average molecular weight is 144 g/mol. The first-order chi connectivity index (χ1) is 4.88. The van der Waals surface area contributed by atoms with E-state index in [-0.39, 0.29) is 12.7 Å². The molecule has 0 saturated carbocycles. The minimum atomic E-state index is 0.178. The zero-order chi connectivity index (χ0) is 7.40. The van der Waals surface area contributed by atoms with E-state index in [0.717, 1.165) is 6.42 Å². The Morgan fingerprint density at radius 1 is 1.30 bits per heavy atom. The molecule has 1 saturated heterocycles. The van der Waals surface area contributed by atoms with E-state index in [2.05, 4.69) is 6.92 Å². The summed E-state index contributed by atoms with van der Waals surface area (Å²) in [5.41, 5.74) is 0. The fourth-order valence-electron chi connectivity index (χ4n) is 1.19. The van der Waals surface area contributed by atoms with Gasteiger partial charge in [0.1, 0.15) is 6.10 Å². The molecule has 1 fully saturated rings. The first-order valence-corrected chi connectivity index (χ1v) is 4.14. The van der Waals surface area contributed by atoms with Crippen LogP contribution in [0.5, 0.6) is 0 Å². The van der Waals surface area contributed by atoms with Gasteiger partial charge < -0.3 is 9.84 Å². The summed E-state index contributed by atoms with van der Waals surface area (Å²) < 4.78 is 5.16. The predicted octanol–water partition coefficient (Wildman–Crippen LogP) is 1.33. The van der Waals surface area contributed by atoms with Gasteiger partial charge in [-0.25, -0.2) is 0 Å². The molecule has 60 valence electrons. The molecule has 1 N–H and O–H groups in total. The number of epoxide rings is 1. The summed E-state index contributed by atoms with van der Waals surface area (Å²) >= 11 is 0. The summed E-state index contributed by atoms with van der Waals surface area (Å²) in [5, 5.41) is 8.61. The van der Waals surface area contributed by atoms with Crippen LogP contribution in [0, 0.1) is 0 Å². The molecule has 2 heteroatoms. The number of ether oxygens (including phenoxy) is 1. The van der Waals surface area contributed by atoms with Gasteiger partial charge in [0.2, 0.25) is 0 Å². The van der Waals surface area contributed by atoms with Crippen LogP contribution in [0.3, 0.4) is 0 Å². The van der Waals surface area contributed by atoms with Crippen LogP contribution in [0.15, 0.2) is 0 Å². The Balaban J connectivity index is 1.87. The van der Waals surface area contributed by atoms with Crippen LogP contribution in [0.1, 0.15) is 32.6 Å². The molecule has 0 aromatic heterocycles. The van der Waals surface area contributed by atoms with Crippen molar-refractivity contribution in [2.75, 3.05) is 6.61 Å². The van der Waals surface area contributed by atoms with Gasteiger partial charge in [-0.15, -0.1) is 0 Å². The van der Waals surface area contributed by atoms with E-state index < -0.39 is 0 Å². The molecule has 0 aromatic rings. The number of unbranched alkanes of at least 4 members (excludes halogenated alkanes) is 2. The van der Waals surface area contributed by atoms with Crippen LogP contribution in [0.25, 0.3) is 0 Å². The number of rotatable bonds is 5. The van der Waals surface area contributed by atoms with Crippen molar-refractivity contribution in [2.24, 2.45) is 0 Å². The number of aliphatic hydroxyl groups is 1. The quantitative estimate of drug-likeness (QED) is 0.466. The van der Waals surface area contributed by atoms with E-state index in [1.165, 1.54) is 19.3 Å². The second kappa shape index (κ2) is 3.94. The molecule has 1 rings (SSSR count). The smallest absolute Gasteiger partial charge is 0.107 e. The number of aliphatic hydroxyl groups excluding tert-OH is 1. The van der Waals surface area contributed by atoms with Gasteiger partial charge in [-0.05, 0) is 6.42 Å². The molecular weight excluding hydrogens is 128 g/mol. The second-order valence-electron chi connectivity index (χ2n) is 2.89. The highest BCUT2D eigenvalue weighted by Crippen LogP contribution is 2.26. The zero-order valence-corrected chi connectivity index (χ0v) is 6.55. The second-order valence-corrected chi connectivity index (χ2v) is 2.89. The molecule has 1 aliphatic heterocycles. The van der Waals surface area contributed by atoms with Gasteiger partial charge in [-0.2, -0.15) is 0 Å². The van der Waals surface area contributed by atoms with E-state index in [0.29, 0.717) is 6.10 Å². The number of hydrogen-bond donors (Lipinski definition) is 1. The topological polar surface area (TPSA) is 32.8 Å². The van der Waals surface area contributed by atoms with Crippen molar-refractivity contribution in [2.45, 2.75) is 44.8 Å². The lowest BCUT2D eigenvalue weighted by Gasteiger charge is -1.92.